The van der Waals surface area contributed by atoms with Crippen LogP contribution in [0.25, 0.3) is 0 Å². The molecule has 7 nitrogen and oxygen atoms in total. The van der Waals surface area contributed by atoms with Crippen molar-refractivity contribution in [2.45, 2.75) is 6.54 Å². The molecule has 0 bridgehead atoms. The van der Waals surface area contributed by atoms with Crippen molar-refractivity contribution >= 4 is 29.1 Å². The number of benzene rings is 3. The van der Waals surface area contributed by atoms with E-state index in [1.807, 2.05) is 42.5 Å². The first kappa shape index (κ1) is 19.8. The van der Waals surface area contributed by atoms with Crippen molar-refractivity contribution in [3.8, 4) is 5.75 Å². The molecule has 29 heavy (non-hydrogen) atoms. The number of methoxy groups -OCH3 is 1. The average molecular weight is 390 g/mol. The van der Waals surface area contributed by atoms with Crippen molar-refractivity contribution in [1.82, 2.24) is 5.32 Å². The number of carbonyl (C=O) groups excluding carboxylic acids is 2. The molecule has 0 heterocycles. The van der Waals surface area contributed by atoms with Gasteiger partial charge in [0.05, 0.1) is 7.11 Å². The van der Waals surface area contributed by atoms with Gasteiger partial charge in [-0.3, -0.25) is 0 Å². The molecule has 0 spiro atoms. The van der Waals surface area contributed by atoms with Gasteiger partial charge in [-0.1, -0.05) is 36.4 Å². The van der Waals surface area contributed by atoms with E-state index in [4.69, 9.17) is 4.74 Å². The lowest BCUT2D eigenvalue weighted by Crippen LogP contribution is -2.28. The summed E-state index contributed by atoms with van der Waals surface area (Å²) in [6.45, 7) is 0.382. The average Bonchev–Trinajstić information content (AvgIpc) is 2.73. The largest absolute Gasteiger partial charge is 0.497 e. The van der Waals surface area contributed by atoms with E-state index in [1.54, 1.807) is 43.5 Å². The maximum absolute atomic E-state index is 12.1. The molecule has 0 aliphatic rings. The molecule has 0 radical (unpaired) electrons. The van der Waals surface area contributed by atoms with E-state index in [-0.39, 0.29) is 12.1 Å². The third-order valence-corrected chi connectivity index (χ3v) is 4.02. The van der Waals surface area contributed by atoms with Crippen LogP contribution in [0.2, 0.25) is 0 Å². The van der Waals surface area contributed by atoms with Crippen LogP contribution in [0, 0.1) is 0 Å². The maximum atomic E-state index is 12.1. The number of carbonyl (C=O) groups is 2. The van der Waals surface area contributed by atoms with Crippen molar-refractivity contribution in [2.24, 2.45) is 0 Å². The summed E-state index contributed by atoms with van der Waals surface area (Å²) in [6, 6.07) is 22.8. The molecule has 0 saturated heterocycles. The van der Waals surface area contributed by atoms with Gasteiger partial charge in [0.2, 0.25) is 0 Å². The number of urea groups is 2. The first-order valence-electron chi connectivity index (χ1n) is 9.03. The summed E-state index contributed by atoms with van der Waals surface area (Å²) in [4.78, 5) is 24.2. The summed E-state index contributed by atoms with van der Waals surface area (Å²) in [5, 5.41) is 11.0. The minimum absolute atomic E-state index is 0.341. The Balaban J connectivity index is 1.50. The molecule has 0 unspecified atom stereocenters. The summed E-state index contributed by atoms with van der Waals surface area (Å²) in [7, 11) is 1.61. The Morgan fingerprint density at radius 3 is 1.97 bits per heavy atom. The van der Waals surface area contributed by atoms with Gasteiger partial charge in [-0.05, 0) is 48.0 Å². The van der Waals surface area contributed by atoms with Crippen molar-refractivity contribution < 1.29 is 14.3 Å². The third kappa shape index (κ3) is 6.28. The first-order valence-corrected chi connectivity index (χ1v) is 9.03. The Morgan fingerprint density at radius 1 is 0.724 bits per heavy atom. The zero-order chi connectivity index (χ0) is 20.5. The maximum Gasteiger partial charge on any atom is 0.323 e. The molecule has 0 aliphatic carbocycles. The second-order valence-corrected chi connectivity index (χ2v) is 6.18. The van der Waals surface area contributed by atoms with Crippen molar-refractivity contribution in [3.05, 3.63) is 84.4 Å². The topological polar surface area (TPSA) is 91.5 Å². The van der Waals surface area contributed by atoms with Gasteiger partial charge in [0.25, 0.3) is 0 Å². The molecule has 0 atom stereocenters. The van der Waals surface area contributed by atoms with Crippen LogP contribution < -0.4 is 26.0 Å². The molecule has 0 aliphatic heterocycles. The number of anilines is 3. The van der Waals surface area contributed by atoms with Gasteiger partial charge in [0.15, 0.2) is 0 Å². The minimum atomic E-state index is -0.364. The second-order valence-electron chi connectivity index (χ2n) is 6.18. The van der Waals surface area contributed by atoms with Gasteiger partial charge >= 0.3 is 12.1 Å². The van der Waals surface area contributed by atoms with Crippen LogP contribution in [0.1, 0.15) is 5.56 Å². The van der Waals surface area contributed by atoms with Crippen LogP contribution in [-0.2, 0) is 6.54 Å². The quantitative estimate of drug-likeness (QED) is 0.493. The molecule has 148 valence electrons. The van der Waals surface area contributed by atoms with Gasteiger partial charge in [-0.15, -0.1) is 0 Å². The zero-order valence-electron chi connectivity index (χ0n) is 15.9. The molecule has 3 aromatic carbocycles. The number of ether oxygens (including phenoxy) is 1. The lowest BCUT2D eigenvalue weighted by atomic mass is 10.2. The normalized spacial score (nSPS) is 9.97. The fraction of sp³-hybridized carbons (Fsp3) is 0.0909. The standard InChI is InChI=1S/C22H22N4O3/c1-29-20-12-10-16(11-13-20)15-23-21(27)25-18-8-5-9-19(14-18)26-22(28)24-17-6-3-2-4-7-17/h2-14H,15H2,1H3,(H2,23,25,27)(H2,24,26,28). The highest BCUT2D eigenvalue weighted by Gasteiger charge is 2.06. The van der Waals surface area contributed by atoms with Gasteiger partial charge in [-0.25, -0.2) is 9.59 Å². The number of hydrogen-bond acceptors (Lipinski definition) is 3. The Kier molecular flexibility index (Phi) is 6.67. The van der Waals surface area contributed by atoms with Crippen molar-refractivity contribution in [2.75, 3.05) is 23.1 Å². The molecule has 4 N–H and O–H groups in total. The summed E-state index contributed by atoms with van der Waals surface area (Å²) in [6.07, 6.45) is 0. The second kappa shape index (κ2) is 9.80. The summed E-state index contributed by atoms with van der Waals surface area (Å²) < 4.78 is 5.11. The summed E-state index contributed by atoms with van der Waals surface area (Å²) >= 11 is 0. The minimum Gasteiger partial charge on any atom is -0.497 e. The Bertz CT molecular complexity index is 959. The van der Waals surface area contributed by atoms with E-state index in [9.17, 15) is 9.59 Å². The van der Waals surface area contributed by atoms with Gasteiger partial charge < -0.3 is 26.0 Å². The van der Waals surface area contributed by atoms with Crippen LogP contribution in [0.5, 0.6) is 5.75 Å². The van der Waals surface area contributed by atoms with Gasteiger partial charge in [-0.2, -0.15) is 0 Å². The van der Waals surface area contributed by atoms with E-state index in [1.165, 1.54) is 0 Å². The van der Waals surface area contributed by atoms with E-state index < -0.39 is 0 Å². The molecular formula is C22H22N4O3. The smallest absolute Gasteiger partial charge is 0.323 e. The first-order chi connectivity index (χ1) is 14.1. The monoisotopic (exact) mass is 390 g/mol. The molecule has 0 saturated carbocycles. The van der Waals surface area contributed by atoms with Crippen LogP contribution in [-0.4, -0.2) is 19.2 Å². The number of hydrogen-bond donors (Lipinski definition) is 4. The lowest BCUT2D eigenvalue weighted by Gasteiger charge is -2.11. The van der Waals surface area contributed by atoms with Crippen molar-refractivity contribution in [1.29, 1.82) is 0 Å². The lowest BCUT2D eigenvalue weighted by molar-refractivity contribution is 0.251. The van der Waals surface area contributed by atoms with Crippen LogP contribution in [0.4, 0.5) is 26.7 Å². The van der Waals surface area contributed by atoms with Crippen LogP contribution >= 0.6 is 0 Å². The predicted octanol–water partition coefficient (Wildman–Crippen LogP) is 4.66. The number of nitrogens with one attached hydrogen (secondary N) is 4. The summed E-state index contributed by atoms with van der Waals surface area (Å²) in [5.41, 5.74) is 2.77. The zero-order valence-corrected chi connectivity index (χ0v) is 15.9. The molecule has 3 aromatic rings. The Labute approximate surface area is 169 Å². The van der Waals surface area contributed by atoms with E-state index in [0.29, 0.717) is 23.6 Å². The fourth-order valence-corrected chi connectivity index (χ4v) is 2.59. The molecule has 0 aromatic heterocycles. The van der Waals surface area contributed by atoms with Crippen LogP contribution in [0.15, 0.2) is 78.9 Å². The van der Waals surface area contributed by atoms with E-state index >= 15 is 0 Å². The fourth-order valence-electron chi connectivity index (χ4n) is 2.59. The van der Waals surface area contributed by atoms with E-state index in [0.717, 1.165) is 11.3 Å². The highest BCUT2D eigenvalue weighted by molar-refractivity contribution is 6.00. The van der Waals surface area contributed by atoms with Crippen LogP contribution in [0.3, 0.4) is 0 Å². The highest BCUT2D eigenvalue weighted by atomic mass is 16.5. The van der Waals surface area contributed by atoms with Crippen molar-refractivity contribution in [3.63, 3.8) is 0 Å². The molecule has 3 rings (SSSR count). The highest BCUT2D eigenvalue weighted by Crippen LogP contribution is 2.16. The predicted molar refractivity (Wildman–Crippen MR) is 114 cm³/mol. The number of rotatable bonds is 6. The Hall–Kier alpha value is -4.00. The number of para-hydroxylation sites is 1. The van der Waals surface area contributed by atoms with Gasteiger partial charge in [0.1, 0.15) is 5.75 Å². The molecular weight excluding hydrogens is 368 g/mol. The molecule has 7 heteroatoms. The Morgan fingerprint density at radius 2 is 1.31 bits per heavy atom. The number of amides is 4. The molecule has 0 fully saturated rings. The summed E-state index contributed by atoms with van der Waals surface area (Å²) in [5.74, 6) is 0.763. The van der Waals surface area contributed by atoms with E-state index in [2.05, 4.69) is 21.3 Å². The van der Waals surface area contributed by atoms with Gasteiger partial charge in [0, 0.05) is 23.6 Å². The SMILES string of the molecule is COc1ccc(CNC(=O)Nc2cccc(NC(=O)Nc3ccccc3)c2)cc1. The molecule has 4 amide bonds. The third-order valence-electron chi connectivity index (χ3n) is 4.02.